The number of anilines is 1. The predicted molar refractivity (Wildman–Crippen MR) is 53.7 cm³/mol. The first-order chi connectivity index (χ1) is 6.59. The number of fused-ring (bicyclic) bond motifs is 1. The van der Waals surface area contributed by atoms with E-state index in [0.717, 1.165) is 0 Å². The summed E-state index contributed by atoms with van der Waals surface area (Å²) in [5.41, 5.74) is 1.95. The van der Waals surface area contributed by atoms with Gasteiger partial charge in [-0.3, -0.25) is 9.59 Å². The Morgan fingerprint density at radius 1 is 1.50 bits per heavy atom. The van der Waals surface area contributed by atoms with Crippen LogP contribution in [0.1, 0.15) is 28.2 Å². The highest BCUT2D eigenvalue weighted by molar-refractivity contribution is 6.35. The Morgan fingerprint density at radius 2 is 2.21 bits per heavy atom. The molecule has 1 N–H and O–H groups in total. The number of carbonyl (C=O) groups is 2. The first-order valence-electron chi connectivity index (χ1n) is 4.19. The van der Waals surface area contributed by atoms with Gasteiger partial charge in [-0.25, -0.2) is 0 Å². The molecule has 1 unspecified atom stereocenters. The number of alkyl halides is 1. The van der Waals surface area contributed by atoms with Gasteiger partial charge in [-0.1, -0.05) is 0 Å². The van der Waals surface area contributed by atoms with E-state index in [0.29, 0.717) is 16.8 Å². The second-order valence-corrected chi connectivity index (χ2v) is 3.65. The molecule has 2 rings (SSSR count). The number of benzene rings is 1. The number of Topliss-reactive ketones (excluding diaryl/α,β-unsaturated/α-hetero) is 1. The number of hydrogen-bond acceptors (Lipinski definition) is 2. The second kappa shape index (κ2) is 3.10. The van der Waals surface area contributed by atoms with Crippen LogP contribution in [-0.4, -0.2) is 11.7 Å². The fourth-order valence-corrected chi connectivity index (χ4v) is 1.68. The van der Waals surface area contributed by atoms with E-state index in [1.165, 1.54) is 6.92 Å². The predicted octanol–water partition coefficient (Wildman–Crippen LogP) is 2.12. The van der Waals surface area contributed by atoms with Crippen LogP contribution in [0.15, 0.2) is 18.2 Å². The lowest BCUT2D eigenvalue weighted by atomic mass is 10.1. The van der Waals surface area contributed by atoms with Crippen molar-refractivity contribution in [1.82, 2.24) is 0 Å². The lowest BCUT2D eigenvalue weighted by molar-refractivity contribution is -0.115. The molecule has 0 aromatic heterocycles. The van der Waals surface area contributed by atoms with Crippen molar-refractivity contribution in [3.63, 3.8) is 0 Å². The van der Waals surface area contributed by atoms with Gasteiger partial charge in [-0.2, -0.15) is 0 Å². The zero-order valence-electron chi connectivity index (χ0n) is 7.50. The first-order valence-corrected chi connectivity index (χ1v) is 4.63. The van der Waals surface area contributed by atoms with Crippen molar-refractivity contribution in [3.05, 3.63) is 29.3 Å². The number of rotatable bonds is 1. The van der Waals surface area contributed by atoms with Crippen LogP contribution in [0.25, 0.3) is 0 Å². The number of nitrogens with one attached hydrogen (secondary N) is 1. The largest absolute Gasteiger partial charge is 0.324 e. The molecule has 0 saturated heterocycles. The molecule has 1 aliphatic heterocycles. The van der Waals surface area contributed by atoms with Gasteiger partial charge in [0.2, 0.25) is 5.91 Å². The van der Waals surface area contributed by atoms with E-state index in [4.69, 9.17) is 11.6 Å². The molecular weight excluding hydrogens is 202 g/mol. The van der Waals surface area contributed by atoms with Crippen LogP contribution in [0.3, 0.4) is 0 Å². The van der Waals surface area contributed by atoms with E-state index in [1.54, 1.807) is 18.2 Å². The van der Waals surface area contributed by atoms with Gasteiger partial charge in [0.1, 0.15) is 5.38 Å². The second-order valence-electron chi connectivity index (χ2n) is 3.21. The number of amides is 1. The fourth-order valence-electron chi connectivity index (χ4n) is 1.44. The van der Waals surface area contributed by atoms with Crippen LogP contribution in [0.4, 0.5) is 5.69 Å². The third-order valence-electron chi connectivity index (χ3n) is 2.22. The molecule has 0 spiro atoms. The van der Waals surface area contributed by atoms with Crippen LogP contribution in [-0.2, 0) is 4.79 Å². The van der Waals surface area contributed by atoms with E-state index in [9.17, 15) is 9.59 Å². The maximum atomic E-state index is 11.2. The number of hydrogen-bond donors (Lipinski definition) is 1. The Balaban J connectivity index is 2.51. The summed E-state index contributed by atoms with van der Waals surface area (Å²) in [5.74, 6) is -0.265. The van der Waals surface area contributed by atoms with Gasteiger partial charge in [0.15, 0.2) is 5.78 Å². The Morgan fingerprint density at radius 3 is 2.86 bits per heavy atom. The van der Waals surface area contributed by atoms with E-state index >= 15 is 0 Å². The molecule has 0 saturated carbocycles. The normalized spacial score (nSPS) is 19.0. The maximum Gasteiger partial charge on any atom is 0.247 e. The van der Waals surface area contributed by atoms with Crippen molar-refractivity contribution < 1.29 is 9.59 Å². The van der Waals surface area contributed by atoms with Crippen molar-refractivity contribution in [2.45, 2.75) is 12.3 Å². The lowest BCUT2D eigenvalue weighted by Gasteiger charge is -2.01. The Labute approximate surface area is 86.1 Å². The highest BCUT2D eigenvalue weighted by Crippen LogP contribution is 2.35. The quantitative estimate of drug-likeness (QED) is 0.569. The van der Waals surface area contributed by atoms with Gasteiger partial charge in [-0.15, -0.1) is 11.6 Å². The van der Waals surface area contributed by atoms with Crippen molar-refractivity contribution >= 4 is 29.0 Å². The van der Waals surface area contributed by atoms with Crippen LogP contribution >= 0.6 is 11.6 Å². The van der Waals surface area contributed by atoms with Gasteiger partial charge >= 0.3 is 0 Å². The smallest absolute Gasteiger partial charge is 0.247 e. The minimum Gasteiger partial charge on any atom is -0.324 e. The molecule has 0 bridgehead atoms. The van der Waals surface area contributed by atoms with Gasteiger partial charge in [0, 0.05) is 16.8 Å². The van der Waals surface area contributed by atoms with Crippen LogP contribution in [0.5, 0.6) is 0 Å². The zero-order chi connectivity index (χ0) is 10.3. The van der Waals surface area contributed by atoms with E-state index < -0.39 is 5.38 Å². The zero-order valence-corrected chi connectivity index (χ0v) is 8.26. The summed E-state index contributed by atoms with van der Waals surface area (Å²) in [5, 5.41) is 1.95. The molecular formula is C10H8ClNO2. The van der Waals surface area contributed by atoms with Crippen LogP contribution in [0.2, 0.25) is 0 Å². The van der Waals surface area contributed by atoms with Gasteiger partial charge in [-0.05, 0) is 25.1 Å². The molecule has 14 heavy (non-hydrogen) atoms. The number of halogens is 1. The highest BCUT2D eigenvalue weighted by atomic mass is 35.5. The van der Waals surface area contributed by atoms with Crippen LogP contribution < -0.4 is 5.32 Å². The van der Waals surface area contributed by atoms with Gasteiger partial charge in [0.25, 0.3) is 0 Å². The average molecular weight is 210 g/mol. The van der Waals surface area contributed by atoms with E-state index in [-0.39, 0.29) is 11.7 Å². The summed E-state index contributed by atoms with van der Waals surface area (Å²) in [7, 11) is 0. The molecule has 1 atom stereocenters. The summed E-state index contributed by atoms with van der Waals surface area (Å²) in [6.07, 6.45) is 0. The Kier molecular flexibility index (Phi) is 2.04. The molecule has 0 radical (unpaired) electrons. The molecule has 0 aliphatic carbocycles. The molecule has 3 nitrogen and oxygen atoms in total. The fraction of sp³-hybridized carbons (Fsp3) is 0.200. The summed E-state index contributed by atoms with van der Waals surface area (Å²) in [4.78, 5) is 22.3. The van der Waals surface area contributed by atoms with E-state index in [2.05, 4.69) is 5.32 Å². The third-order valence-corrected chi connectivity index (χ3v) is 2.65. The first kappa shape index (κ1) is 9.21. The summed E-state index contributed by atoms with van der Waals surface area (Å²) in [6, 6.07) is 5.04. The van der Waals surface area contributed by atoms with E-state index in [1.807, 2.05) is 0 Å². The van der Waals surface area contributed by atoms with Crippen molar-refractivity contribution in [2.75, 3.05) is 5.32 Å². The van der Waals surface area contributed by atoms with Crippen molar-refractivity contribution in [3.8, 4) is 0 Å². The number of ketones is 1. The Hall–Kier alpha value is -1.35. The maximum absolute atomic E-state index is 11.2. The summed E-state index contributed by atoms with van der Waals surface area (Å²) < 4.78 is 0. The Bertz CT molecular complexity index is 428. The van der Waals surface area contributed by atoms with Crippen molar-refractivity contribution in [1.29, 1.82) is 0 Å². The monoisotopic (exact) mass is 209 g/mol. The molecule has 1 aliphatic rings. The molecule has 0 fully saturated rings. The van der Waals surface area contributed by atoms with Crippen molar-refractivity contribution in [2.24, 2.45) is 0 Å². The summed E-state index contributed by atoms with van der Waals surface area (Å²) >= 11 is 5.85. The lowest BCUT2D eigenvalue weighted by Crippen LogP contribution is -2.06. The molecule has 1 heterocycles. The molecule has 1 aromatic rings. The SMILES string of the molecule is CC(=O)c1ccc2c(c1)C(Cl)C(=O)N2. The third kappa shape index (κ3) is 1.30. The minimum absolute atomic E-state index is 0.0315. The molecule has 1 aromatic carbocycles. The molecule has 72 valence electrons. The van der Waals surface area contributed by atoms with Gasteiger partial charge < -0.3 is 5.32 Å². The average Bonchev–Trinajstić information content (AvgIpc) is 2.43. The minimum atomic E-state index is -0.677. The molecule has 1 amide bonds. The standard InChI is InChI=1S/C10H8ClNO2/c1-5(13)6-2-3-8-7(4-6)9(11)10(14)12-8/h2-4,9H,1H3,(H,12,14). The van der Waals surface area contributed by atoms with Gasteiger partial charge in [0.05, 0.1) is 0 Å². The highest BCUT2D eigenvalue weighted by Gasteiger charge is 2.28. The topological polar surface area (TPSA) is 46.2 Å². The van der Waals surface area contributed by atoms with Crippen LogP contribution in [0, 0.1) is 0 Å². The molecule has 4 heteroatoms. The summed E-state index contributed by atoms with van der Waals surface area (Å²) in [6.45, 7) is 1.48. The number of carbonyl (C=O) groups excluding carboxylic acids is 2.